The number of carboxylic acid groups (broad SMARTS) is 1. The number of carbonyl (C=O) groups is 3. The van der Waals surface area contributed by atoms with E-state index in [2.05, 4.69) is 5.32 Å². The first kappa shape index (κ1) is 17.1. The highest BCUT2D eigenvalue weighted by atomic mass is 19.1. The van der Waals surface area contributed by atoms with Gasteiger partial charge in [0.1, 0.15) is 11.9 Å². The van der Waals surface area contributed by atoms with Crippen molar-refractivity contribution in [3.8, 4) is 0 Å². The maximum absolute atomic E-state index is 12.9. The minimum Gasteiger partial charge on any atom is -0.478 e. The van der Waals surface area contributed by atoms with Crippen LogP contribution in [0.4, 0.5) is 4.39 Å². The average Bonchev–Trinajstić information content (AvgIpc) is 2.55. The van der Waals surface area contributed by atoms with E-state index in [0.717, 1.165) is 12.1 Å². The zero-order chi connectivity index (χ0) is 17.7. The Bertz CT molecular complexity index is 757. The number of nitrogens with one attached hydrogen (secondary N) is 1. The summed E-state index contributed by atoms with van der Waals surface area (Å²) in [4.78, 5) is 34.4. The minimum absolute atomic E-state index is 0.113. The summed E-state index contributed by atoms with van der Waals surface area (Å²) in [6, 6.07) is 9.78. The number of amides is 2. The fourth-order valence-electron chi connectivity index (χ4n) is 2.08. The van der Waals surface area contributed by atoms with Gasteiger partial charge in [0.15, 0.2) is 0 Å². The Morgan fingerprint density at radius 3 is 2.04 bits per heavy atom. The highest BCUT2D eigenvalue weighted by molar-refractivity contribution is 5.97. The van der Waals surface area contributed by atoms with Crippen molar-refractivity contribution in [3.63, 3.8) is 0 Å². The largest absolute Gasteiger partial charge is 0.478 e. The molecule has 2 amide bonds. The molecular weight excluding hydrogens is 315 g/mol. The van der Waals surface area contributed by atoms with Crippen LogP contribution in [0, 0.1) is 5.82 Å². The van der Waals surface area contributed by atoms with Crippen molar-refractivity contribution in [1.82, 2.24) is 5.32 Å². The van der Waals surface area contributed by atoms with Gasteiger partial charge in [0.05, 0.1) is 5.56 Å². The van der Waals surface area contributed by atoms with E-state index in [1.54, 1.807) is 12.1 Å². The van der Waals surface area contributed by atoms with Crippen LogP contribution in [0.1, 0.15) is 26.3 Å². The van der Waals surface area contributed by atoms with E-state index in [4.69, 9.17) is 10.8 Å². The van der Waals surface area contributed by atoms with E-state index < -0.39 is 29.6 Å². The molecule has 2 aromatic rings. The molecule has 2 aromatic carbocycles. The van der Waals surface area contributed by atoms with Gasteiger partial charge in [-0.3, -0.25) is 9.59 Å². The minimum atomic E-state index is -1.06. The van der Waals surface area contributed by atoms with Crippen LogP contribution in [-0.4, -0.2) is 28.9 Å². The monoisotopic (exact) mass is 330 g/mol. The lowest BCUT2D eigenvalue weighted by atomic mass is 10.0. The number of aromatic carboxylic acids is 1. The first-order valence-electron chi connectivity index (χ1n) is 7.05. The lowest BCUT2D eigenvalue weighted by molar-refractivity contribution is -0.119. The molecule has 0 heterocycles. The number of hydrogen-bond acceptors (Lipinski definition) is 3. The van der Waals surface area contributed by atoms with Gasteiger partial charge in [-0.15, -0.1) is 0 Å². The number of benzene rings is 2. The second-order valence-corrected chi connectivity index (χ2v) is 5.14. The van der Waals surface area contributed by atoms with Gasteiger partial charge in [-0.2, -0.15) is 0 Å². The fraction of sp³-hybridized carbons (Fsp3) is 0.118. The number of hydrogen-bond donors (Lipinski definition) is 3. The Morgan fingerprint density at radius 2 is 1.54 bits per heavy atom. The van der Waals surface area contributed by atoms with Crippen LogP contribution >= 0.6 is 0 Å². The molecule has 0 saturated heterocycles. The van der Waals surface area contributed by atoms with Crippen molar-refractivity contribution in [2.75, 3.05) is 0 Å². The zero-order valence-corrected chi connectivity index (χ0v) is 12.5. The molecule has 124 valence electrons. The lowest BCUT2D eigenvalue weighted by Gasteiger charge is -2.16. The summed E-state index contributed by atoms with van der Waals surface area (Å²) in [6.07, 6.45) is 0.113. The molecule has 0 fully saturated rings. The summed E-state index contributed by atoms with van der Waals surface area (Å²) >= 11 is 0. The Labute approximate surface area is 137 Å². The third-order valence-electron chi connectivity index (χ3n) is 3.40. The average molecular weight is 330 g/mol. The molecule has 24 heavy (non-hydrogen) atoms. The second-order valence-electron chi connectivity index (χ2n) is 5.14. The summed E-state index contributed by atoms with van der Waals surface area (Å²) in [7, 11) is 0. The molecule has 6 nitrogen and oxygen atoms in total. The van der Waals surface area contributed by atoms with Crippen LogP contribution in [0.3, 0.4) is 0 Å². The summed E-state index contributed by atoms with van der Waals surface area (Å²) in [5.41, 5.74) is 6.26. The maximum atomic E-state index is 12.9. The topological polar surface area (TPSA) is 109 Å². The second kappa shape index (κ2) is 7.36. The van der Waals surface area contributed by atoms with E-state index >= 15 is 0 Å². The molecule has 0 saturated carbocycles. The van der Waals surface area contributed by atoms with E-state index in [1.165, 1.54) is 24.3 Å². The molecule has 0 bridgehead atoms. The predicted octanol–water partition coefficient (Wildman–Crippen LogP) is 1.35. The van der Waals surface area contributed by atoms with Gasteiger partial charge in [0.25, 0.3) is 5.91 Å². The van der Waals surface area contributed by atoms with Crippen molar-refractivity contribution in [1.29, 1.82) is 0 Å². The molecular formula is C17H15FN2O4. The Balaban J connectivity index is 2.09. The molecule has 0 spiro atoms. The quantitative estimate of drug-likeness (QED) is 0.742. The highest BCUT2D eigenvalue weighted by Gasteiger charge is 2.19. The van der Waals surface area contributed by atoms with Crippen molar-refractivity contribution in [3.05, 3.63) is 71.0 Å². The Hall–Kier alpha value is -3.22. The van der Waals surface area contributed by atoms with Gasteiger partial charge in [0, 0.05) is 12.0 Å². The normalized spacial score (nSPS) is 11.5. The van der Waals surface area contributed by atoms with Gasteiger partial charge < -0.3 is 16.2 Å². The highest BCUT2D eigenvalue weighted by Crippen LogP contribution is 2.09. The predicted molar refractivity (Wildman–Crippen MR) is 84.0 cm³/mol. The SMILES string of the molecule is NC(=O)[C@H](Cc1ccc(C(=O)O)cc1)NC(=O)c1ccc(F)cc1. The first-order valence-corrected chi connectivity index (χ1v) is 7.05. The molecule has 0 aliphatic carbocycles. The van der Waals surface area contributed by atoms with Crippen LogP contribution < -0.4 is 11.1 Å². The number of carboxylic acids is 1. The third kappa shape index (κ3) is 4.39. The smallest absolute Gasteiger partial charge is 0.335 e. The molecule has 2 rings (SSSR count). The lowest BCUT2D eigenvalue weighted by Crippen LogP contribution is -2.45. The van der Waals surface area contributed by atoms with Crippen molar-refractivity contribution >= 4 is 17.8 Å². The molecule has 0 aromatic heterocycles. The summed E-state index contributed by atoms with van der Waals surface area (Å²) < 4.78 is 12.9. The summed E-state index contributed by atoms with van der Waals surface area (Å²) in [5, 5.41) is 11.3. The maximum Gasteiger partial charge on any atom is 0.335 e. The molecule has 0 unspecified atom stereocenters. The molecule has 0 aliphatic rings. The van der Waals surface area contributed by atoms with Crippen LogP contribution in [0.2, 0.25) is 0 Å². The summed E-state index contributed by atoms with van der Waals surface area (Å²) in [6.45, 7) is 0. The standard InChI is InChI=1S/C17H15FN2O4/c18-13-7-5-11(6-8-13)16(22)20-14(15(19)21)9-10-1-3-12(4-2-10)17(23)24/h1-8,14H,9H2,(H2,19,21)(H,20,22)(H,23,24)/t14-/m0/s1. The molecule has 1 atom stereocenters. The molecule has 7 heteroatoms. The van der Waals surface area contributed by atoms with Crippen LogP contribution in [0.5, 0.6) is 0 Å². The van der Waals surface area contributed by atoms with Gasteiger partial charge in [-0.05, 0) is 42.0 Å². The van der Waals surface area contributed by atoms with Gasteiger partial charge >= 0.3 is 5.97 Å². The van der Waals surface area contributed by atoms with Gasteiger partial charge in [0.2, 0.25) is 5.91 Å². The molecule has 0 radical (unpaired) electrons. The van der Waals surface area contributed by atoms with E-state index in [-0.39, 0.29) is 17.5 Å². The third-order valence-corrected chi connectivity index (χ3v) is 3.40. The van der Waals surface area contributed by atoms with Crippen molar-refractivity contribution in [2.45, 2.75) is 12.5 Å². The number of rotatable bonds is 6. The number of carbonyl (C=O) groups excluding carboxylic acids is 2. The van der Waals surface area contributed by atoms with Gasteiger partial charge in [-0.25, -0.2) is 9.18 Å². The zero-order valence-electron chi connectivity index (χ0n) is 12.5. The Kier molecular flexibility index (Phi) is 5.26. The number of halogens is 1. The first-order chi connectivity index (χ1) is 11.4. The van der Waals surface area contributed by atoms with Crippen LogP contribution in [-0.2, 0) is 11.2 Å². The number of nitrogens with two attached hydrogens (primary N) is 1. The van der Waals surface area contributed by atoms with Crippen molar-refractivity contribution < 1.29 is 23.9 Å². The van der Waals surface area contributed by atoms with Gasteiger partial charge in [-0.1, -0.05) is 12.1 Å². The number of primary amides is 1. The van der Waals surface area contributed by atoms with E-state index in [1.807, 2.05) is 0 Å². The Morgan fingerprint density at radius 1 is 1.00 bits per heavy atom. The van der Waals surface area contributed by atoms with Crippen LogP contribution in [0.15, 0.2) is 48.5 Å². The summed E-state index contributed by atoms with van der Waals surface area (Å²) in [5.74, 6) is -2.82. The molecule has 4 N–H and O–H groups in total. The molecule has 0 aliphatic heterocycles. The van der Waals surface area contributed by atoms with Crippen LogP contribution in [0.25, 0.3) is 0 Å². The van der Waals surface area contributed by atoms with E-state index in [9.17, 15) is 18.8 Å². The van der Waals surface area contributed by atoms with Crippen molar-refractivity contribution in [2.24, 2.45) is 5.73 Å². The fourth-order valence-corrected chi connectivity index (χ4v) is 2.08. The van der Waals surface area contributed by atoms with E-state index in [0.29, 0.717) is 5.56 Å².